The molecule has 1 aliphatic rings. The summed E-state index contributed by atoms with van der Waals surface area (Å²) >= 11 is 0. The van der Waals surface area contributed by atoms with Crippen LogP contribution in [-0.4, -0.2) is 36.5 Å². The van der Waals surface area contributed by atoms with Crippen LogP contribution in [0.2, 0.25) is 0 Å². The highest BCUT2D eigenvalue weighted by Crippen LogP contribution is 2.17. The number of nitrogens with zero attached hydrogens (tertiary/aromatic N) is 1. The molecule has 0 saturated carbocycles. The molecule has 0 aromatic heterocycles. The number of aryl methyl sites for hydroxylation is 1. The molecule has 3 heteroatoms. The van der Waals surface area contributed by atoms with Gasteiger partial charge in [-0.05, 0) is 57.3 Å². The molecule has 0 bridgehead atoms. The zero-order valence-corrected chi connectivity index (χ0v) is 13.6. The van der Waals surface area contributed by atoms with Crippen LogP contribution >= 0.6 is 0 Å². The minimum atomic E-state index is 0.0444. The summed E-state index contributed by atoms with van der Waals surface area (Å²) in [4.78, 5) is 14.8. The van der Waals surface area contributed by atoms with Crippen LogP contribution in [0.4, 0.5) is 0 Å². The predicted molar refractivity (Wildman–Crippen MR) is 87.6 cm³/mol. The molecule has 1 aromatic carbocycles. The summed E-state index contributed by atoms with van der Waals surface area (Å²) in [5.74, 6) is 0.704. The van der Waals surface area contributed by atoms with Gasteiger partial charge in [0.15, 0.2) is 0 Å². The van der Waals surface area contributed by atoms with Gasteiger partial charge < -0.3 is 5.32 Å². The number of rotatable bonds is 6. The maximum atomic E-state index is 12.2. The number of likely N-dealkylation sites (tertiary alicyclic amines) is 1. The number of benzene rings is 1. The van der Waals surface area contributed by atoms with Crippen LogP contribution in [0.3, 0.4) is 0 Å². The van der Waals surface area contributed by atoms with E-state index in [1.165, 1.54) is 31.5 Å². The van der Waals surface area contributed by atoms with Gasteiger partial charge in [0, 0.05) is 18.2 Å². The summed E-state index contributed by atoms with van der Waals surface area (Å²) in [6.45, 7) is 9.66. The van der Waals surface area contributed by atoms with Gasteiger partial charge in [-0.25, -0.2) is 0 Å². The lowest BCUT2D eigenvalue weighted by Crippen LogP contribution is -2.43. The third kappa shape index (κ3) is 4.85. The Morgan fingerprint density at radius 1 is 1.19 bits per heavy atom. The van der Waals surface area contributed by atoms with E-state index in [0.717, 1.165) is 18.5 Å². The Kier molecular flexibility index (Phi) is 5.80. The highest BCUT2D eigenvalue weighted by Gasteiger charge is 2.23. The minimum absolute atomic E-state index is 0.0444. The molecule has 1 atom stereocenters. The Labute approximate surface area is 128 Å². The molecule has 1 unspecified atom stereocenters. The molecule has 2 rings (SSSR count). The monoisotopic (exact) mass is 288 g/mol. The third-order valence-electron chi connectivity index (χ3n) is 4.21. The van der Waals surface area contributed by atoms with Crippen LogP contribution in [-0.2, 0) is 0 Å². The molecule has 0 spiro atoms. The SMILES string of the molecule is Cc1ccc(C(=O)NCC(CC(C)C)N2CCCC2)cc1. The van der Waals surface area contributed by atoms with E-state index in [4.69, 9.17) is 0 Å². The smallest absolute Gasteiger partial charge is 0.251 e. The number of amides is 1. The fraction of sp³-hybridized carbons (Fsp3) is 0.611. The molecule has 1 fully saturated rings. The van der Waals surface area contributed by atoms with Gasteiger partial charge in [-0.3, -0.25) is 9.69 Å². The average Bonchev–Trinajstić information content (AvgIpc) is 2.97. The normalized spacial score (nSPS) is 17.1. The van der Waals surface area contributed by atoms with Crippen LogP contribution < -0.4 is 5.32 Å². The first-order valence-corrected chi connectivity index (χ1v) is 8.15. The summed E-state index contributed by atoms with van der Waals surface area (Å²) in [5.41, 5.74) is 1.94. The van der Waals surface area contributed by atoms with Crippen molar-refractivity contribution in [3.63, 3.8) is 0 Å². The van der Waals surface area contributed by atoms with Gasteiger partial charge in [-0.15, -0.1) is 0 Å². The number of carbonyl (C=O) groups excluding carboxylic acids is 1. The second-order valence-corrected chi connectivity index (χ2v) is 6.60. The molecule has 1 aromatic rings. The van der Waals surface area contributed by atoms with Crippen LogP contribution in [0.5, 0.6) is 0 Å². The van der Waals surface area contributed by atoms with Crippen molar-refractivity contribution in [3.8, 4) is 0 Å². The lowest BCUT2D eigenvalue weighted by molar-refractivity contribution is 0.0933. The Morgan fingerprint density at radius 3 is 2.38 bits per heavy atom. The van der Waals surface area contributed by atoms with Gasteiger partial charge in [-0.1, -0.05) is 31.5 Å². The van der Waals surface area contributed by atoms with Gasteiger partial charge in [0.25, 0.3) is 5.91 Å². The first-order chi connectivity index (χ1) is 10.1. The first-order valence-electron chi connectivity index (χ1n) is 8.15. The van der Waals surface area contributed by atoms with E-state index < -0.39 is 0 Å². The maximum absolute atomic E-state index is 12.2. The van der Waals surface area contributed by atoms with Crippen LogP contribution in [0.15, 0.2) is 24.3 Å². The molecule has 0 radical (unpaired) electrons. The Balaban J connectivity index is 1.90. The van der Waals surface area contributed by atoms with Crippen molar-refractivity contribution in [2.75, 3.05) is 19.6 Å². The summed E-state index contributed by atoms with van der Waals surface area (Å²) in [5, 5.41) is 3.12. The van der Waals surface area contributed by atoms with Crippen molar-refractivity contribution in [1.29, 1.82) is 0 Å². The number of hydrogen-bond donors (Lipinski definition) is 1. The van der Waals surface area contributed by atoms with E-state index in [2.05, 4.69) is 24.1 Å². The topological polar surface area (TPSA) is 32.3 Å². The summed E-state index contributed by atoms with van der Waals surface area (Å²) < 4.78 is 0. The van der Waals surface area contributed by atoms with Crippen LogP contribution in [0, 0.1) is 12.8 Å². The van der Waals surface area contributed by atoms with Crippen molar-refractivity contribution in [1.82, 2.24) is 10.2 Å². The summed E-state index contributed by atoms with van der Waals surface area (Å²) in [6, 6.07) is 8.25. The average molecular weight is 288 g/mol. The quantitative estimate of drug-likeness (QED) is 0.871. The van der Waals surface area contributed by atoms with Crippen molar-refractivity contribution in [2.45, 2.75) is 46.1 Å². The second-order valence-electron chi connectivity index (χ2n) is 6.60. The minimum Gasteiger partial charge on any atom is -0.350 e. The standard InChI is InChI=1S/C18H28N2O/c1-14(2)12-17(20-10-4-5-11-20)13-19-18(21)16-8-6-15(3)7-9-16/h6-9,14,17H,4-5,10-13H2,1-3H3,(H,19,21). The highest BCUT2D eigenvalue weighted by atomic mass is 16.1. The first kappa shape index (κ1) is 16.0. The molecular weight excluding hydrogens is 260 g/mol. The molecule has 21 heavy (non-hydrogen) atoms. The lowest BCUT2D eigenvalue weighted by Gasteiger charge is -2.29. The zero-order chi connectivity index (χ0) is 15.2. The Morgan fingerprint density at radius 2 is 1.81 bits per heavy atom. The van der Waals surface area contributed by atoms with Gasteiger partial charge in [0.05, 0.1) is 0 Å². The Hall–Kier alpha value is -1.35. The molecule has 116 valence electrons. The van der Waals surface area contributed by atoms with E-state index in [1.807, 2.05) is 31.2 Å². The zero-order valence-electron chi connectivity index (χ0n) is 13.6. The van der Waals surface area contributed by atoms with Crippen molar-refractivity contribution >= 4 is 5.91 Å². The predicted octanol–water partition coefficient (Wildman–Crippen LogP) is 3.24. The summed E-state index contributed by atoms with van der Waals surface area (Å²) in [6.07, 6.45) is 3.73. The van der Waals surface area contributed by atoms with E-state index in [1.54, 1.807) is 0 Å². The fourth-order valence-electron chi connectivity index (χ4n) is 3.03. The van der Waals surface area contributed by atoms with E-state index in [0.29, 0.717) is 12.0 Å². The van der Waals surface area contributed by atoms with Crippen molar-refractivity contribution in [2.24, 2.45) is 5.92 Å². The third-order valence-corrected chi connectivity index (χ3v) is 4.21. The van der Waals surface area contributed by atoms with E-state index in [9.17, 15) is 4.79 Å². The maximum Gasteiger partial charge on any atom is 0.251 e. The lowest BCUT2D eigenvalue weighted by atomic mass is 10.0. The van der Waals surface area contributed by atoms with Gasteiger partial charge >= 0.3 is 0 Å². The fourth-order valence-corrected chi connectivity index (χ4v) is 3.03. The largest absolute Gasteiger partial charge is 0.350 e. The van der Waals surface area contributed by atoms with Gasteiger partial charge in [0.2, 0.25) is 0 Å². The van der Waals surface area contributed by atoms with Gasteiger partial charge in [-0.2, -0.15) is 0 Å². The van der Waals surface area contributed by atoms with E-state index >= 15 is 0 Å². The molecule has 1 N–H and O–H groups in total. The molecule has 1 aliphatic heterocycles. The Bertz CT molecular complexity index is 447. The summed E-state index contributed by atoms with van der Waals surface area (Å²) in [7, 11) is 0. The van der Waals surface area contributed by atoms with Crippen LogP contribution in [0.25, 0.3) is 0 Å². The number of carbonyl (C=O) groups is 1. The number of nitrogens with one attached hydrogen (secondary N) is 1. The van der Waals surface area contributed by atoms with Crippen molar-refractivity contribution in [3.05, 3.63) is 35.4 Å². The van der Waals surface area contributed by atoms with Gasteiger partial charge in [0.1, 0.15) is 0 Å². The molecule has 0 aliphatic carbocycles. The van der Waals surface area contributed by atoms with Crippen LogP contribution in [0.1, 0.15) is 49.0 Å². The highest BCUT2D eigenvalue weighted by molar-refractivity contribution is 5.94. The van der Waals surface area contributed by atoms with E-state index in [-0.39, 0.29) is 5.91 Å². The molecule has 1 amide bonds. The molecule has 3 nitrogen and oxygen atoms in total. The van der Waals surface area contributed by atoms with Crippen molar-refractivity contribution < 1.29 is 4.79 Å². The molecular formula is C18H28N2O. The molecule has 1 heterocycles. The molecule has 1 saturated heterocycles. The number of hydrogen-bond acceptors (Lipinski definition) is 2. The second kappa shape index (κ2) is 7.60.